The first kappa shape index (κ1) is 13.0. The zero-order valence-corrected chi connectivity index (χ0v) is 10.6. The number of rotatable bonds is 5. The maximum atomic E-state index is 11.5. The molecule has 0 radical (unpaired) electrons. The molecule has 1 aromatic carbocycles. The molecule has 3 heteroatoms. The summed E-state index contributed by atoms with van der Waals surface area (Å²) < 4.78 is 0. The molecule has 1 amide bonds. The van der Waals surface area contributed by atoms with E-state index >= 15 is 0 Å². The fourth-order valence-electron chi connectivity index (χ4n) is 1.56. The first-order valence-corrected chi connectivity index (χ1v) is 6.09. The van der Waals surface area contributed by atoms with Crippen molar-refractivity contribution in [3.05, 3.63) is 35.4 Å². The van der Waals surface area contributed by atoms with Gasteiger partial charge >= 0.3 is 0 Å². The van der Waals surface area contributed by atoms with Crippen molar-refractivity contribution in [2.45, 2.75) is 32.7 Å². The van der Waals surface area contributed by atoms with Gasteiger partial charge in [0.1, 0.15) is 0 Å². The van der Waals surface area contributed by atoms with E-state index in [4.69, 9.17) is 11.6 Å². The van der Waals surface area contributed by atoms with E-state index in [0.29, 0.717) is 12.3 Å². The molecule has 0 heterocycles. The van der Waals surface area contributed by atoms with Crippen LogP contribution in [0.25, 0.3) is 0 Å². The number of aryl methyl sites for hydroxylation is 1. The monoisotopic (exact) mass is 239 g/mol. The molecule has 0 fully saturated rings. The number of benzene rings is 1. The third kappa shape index (κ3) is 4.23. The highest BCUT2D eigenvalue weighted by atomic mass is 35.5. The minimum Gasteiger partial charge on any atom is -0.350 e. The van der Waals surface area contributed by atoms with Crippen LogP contribution < -0.4 is 5.32 Å². The fourth-order valence-corrected chi connectivity index (χ4v) is 1.70. The van der Waals surface area contributed by atoms with Gasteiger partial charge in [-0.2, -0.15) is 0 Å². The van der Waals surface area contributed by atoms with E-state index in [1.54, 1.807) is 0 Å². The van der Waals surface area contributed by atoms with Crippen LogP contribution in [0.5, 0.6) is 0 Å². The highest BCUT2D eigenvalue weighted by Crippen LogP contribution is 2.13. The molecule has 0 spiro atoms. The van der Waals surface area contributed by atoms with Gasteiger partial charge in [-0.25, -0.2) is 0 Å². The van der Waals surface area contributed by atoms with Gasteiger partial charge in [0.25, 0.3) is 0 Å². The Bertz CT molecular complexity index is 352. The topological polar surface area (TPSA) is 29.1 Å². The minimum atomic E-state index is 0.0581. The van der Waals surface area contributed by atoms with Gasteiger partial charge in [0.15, 0.2) is 0 Å². The van der Waals surface area contributed by atoms with Crippen LogP contribution in [-0.2, 0) is 4.79 Å². The number of alkyl halides is 1. The molecule has 0 saturated heterocycles. The summed E-state index contributed by atoms with van der Waals surface area (Å²) in [7, 11) is 0. The van der Waals surface area contributed by atoms with E-state index in [1.165, 1.54) is 5.56 Å². The number of nitrogens with one attached hydrogen (secondary N) is 1. The van der Waals surface area contributed by atoms with Crippen molar-refractivity contribution in [1.82, 2.24) is 5.32 Å². The zero-order valence-electron chi connectivity index (χ0n) is 9.79. The normalized spacial score (nSPS) is 12.2. The number of amides is 1. The second kappa shape index (κ2) is 6.54. The fraction of sp³-hybridized carbons (Fsp3) is 0.462. The molecule has 1 aromatic rings. The third-order valence-electron chi connectivity index (χ3n) is 2.46. The van der Waals surface area contributed by atoms with Gasteiger partial charge in [-0.1, -0.05) is 29.8 Å². The average Bonchev–Trinajstić information content (AvgIpc) is 2.26. The minimum absolute atomic E-state index is 0.0581. The Kier molecular flexibility index (Phi) is 5.33. The zero-order chi connectivity index (χ0) is 12.0. The Morgan fingerprint density at radius 1 is 1.50 bits per heavy atom. The lowest BCUT2D eigenvalue weighted by molar-refractivity contribution is -0.121. The predicted molar refractivity (Wildman–Crippen MR) is 67.7 cm³/mol. The van der Waals surface area contributed by atoms with Crippen LogP contribution in [0.3, 0.4) is 0 Å². The van der Waals surface area contributed by atoms with Gasteiger partial charge in [-0.15, -0.1) is 11.6 Å². The van der Waals surface area contributed by atoms with Crippen molar-refractivity contribution < 1.29 is 4.79 Å². The van der Waals surface area contributed by atoms with E-state index in [-0.39, 0.29) is 11.9 Å². The molecule has 1 rings (SSSR count). The van der Waals surface area contributed by atoms with E-state index in [9.17, 15) is 4.79 Å². The molecule has 1 atom stereocenters. The summed E-state index contributed by atoms with van der Waals surface area (Å²) in [4.78, 5) is 11.5. The predicted octanol–water partition coefficient (Wildman–Crippen LogP) is 3.19. The lowest BCUT2D eigenvalue weighted by atomic mass is 10.1. The number of carbonyl (C=O) groups excluding carboxylic acids is 1. The highest BCUT2D eigenvalue weighted by Gasteiger charge is 2.08. The summed E-state index contributed by atoms with van der Waals surface area (Å²) in [5.74, 6) is 0.598. The first-order valence-electron chi connectivity index (χ1n) is 5.55. The van der Waals surface area contributed by atoms with E-state index in [0.717, 1.165) is 12.0 Å². The molecule has 0 aromatic heterocycles. The molecular formula is C13H18ClNO. The van der Waals surface area contributed by atoms with Gasteiger partial charge < -0.3 is 5.32 Å². The molecule has 88 valence electrons. The lowest BCUT2D eigenvalue weighted by Gasteiger charge is -2.14. The standard InChI is InChI=1S/C13H18ClNO/c1-10-5-3-6-12(9-10)11(2)15-13(16)7-4-8-14/h3,5-6,9,11H,4,7-8H2,1-2H3,(H,15,16)/t11-/m1/s1. The third-order valence-corrected chi connectivity index (χ3v) is 2.72. The largest absolute Gasteiger partial charge is 0.350 e. The molecule has 2 nitrogen and oxygen atoms in total. The molecule has 0 aliphatic carbocycles. The summed E-state index contributed by atoms with van der Waals surface area (Å²) in [6, 6.07) is 8.23. The second-order valence-corrected chi connectivity index (χ2v) is 4.37. The van der Waals surface area contributed by atoms with Crippen molar-refractivity contribution in [3.8, 4) is 0 Å². The molecule has 0 aliphatic rings. The summed E-state index contributed by atoms with van der Waals surface area (Å²) in [5.41, 5.74) is 2.35. The van der Waals surface area contributed by atoms with Crippen LogP contribution in [0, 0.1) is 6.92 Å². The maximum Gasteiger partial charge on any atom is 0.220 e. The number of halogens is 1. The van der Waals surface area contributed by atoms with Crippen molar-refractivity contribution >= 4 is 17.5 Å². The molecule has 1 N–H and O–H groups in total. The van der Waals surface area contributed by atoms with Crippen LogP contribution >= 0.6 is 11.6 Å². The van der Waals surface area contributed by atoms with Crippen molar-refractivity contribution in [3.63, 3.8) is 0 Å². The van der Waals surface area contributed by atoms with Gasteiger partial charge in [0.05, 0.1) is 6.04 Å². The van der Waals surface area contributed by atoms with Crippen molar-refractivity contribution in [2.75, 3.05) is 5.88 Å². The Morgan fingerprint density at radius 3 is 2.88 bits per heavy atom. The number of hydrogen-bond donors (Lipinski definition) is 1. The van der Waals surface area contributed by atoms with Crippen molar-refractivity contribution in [1.29, 1.82) is 0 Å². The van der Waals surface area contributed by atoms with E-state index in [2.05, 4.69) is 11.4 Å². The van der Waals surface area contributed by atoms with Gasteiger partial charge in [-0.05, 0) is 25.8 Å². The maximum absolute atomic E-state index is 11.5. The van der Waals surface area contributed by atoms with Crippen LogP contribution in [0.4, 0.5) is 0 Å². The summed E-state index contributed by atoms with van der Waals surface area (Å²) in [6.07, 6.45) is 1.23. The van der Waals surface area contributed by atoms with Gasteiger partial charge in [0, 0.05) is 12.3 Å². The molecular weight excluding hydrogens is 222 g/mol. The van der Waals surface area contributed by atoms with Gasteiger partial charge in [0.2, 0.25) is 5.91 Å². The molecule has 0 unspecified atom stereocenters. The van der Waals surface area contributed by atoms with Crippen LogP contribution in [-0.4, -0.2) is 11.8 Å². The van der Waals surface area contributed by atoms with Gasteiger partial charge in [-0.3, -0.25) is 4.79 Å². The van der Waals surface area contributed by atoms with E-state index in [1.807, 2.05) is 32.0 Å². The highest BCUT2D eigenvalue weighted by molar-refractivity contribution is 6.17. The molecule has 0 bridgehead atoms. The van der Waals surface area contributed by atoms with Crippen LogP contribution in [0.15, 0.2) is 24.3 Å². The quantitative estimate of drug-likeness (QED) is 0.786. The molecule has 0 saturated carbocycles. The summed E-state index contributed by atoms with van der Waals surface area (Å²) in [6.45, 7) is 4.04. The number of carbonyl (C=O) groups is 1. The summed E-state index contributed by atoms with van der Waals surface area (Å²) >= 11 is 5.54. The van der Waals surface area contributed by atoms with Crippen molar-refractivity contribution in [2.24, 2.45) is 0 Å². The van der Waals surface area contributed by atoms with E-state index < -0.39 is 0 Å². The lowest BCUT2D eigenvalue weighted by Crippen LogP contribution is -2.26. The average molecular weight is 240 g/mol. The van der Waals surface area contributed by atoms with Crippen LogP contribution in [0.2, 0.25) is 0 Å². The second-order valence-electron chi connectivity index (χ2n) is 4.00. The Labute approximate surface area is 102 Å². The van der Waals surface area contributed by atoms with Crippen LogP contribution in [0.1, 0.15) is 36.9 Å². The Hall–Kier alpha value is -1.02. The smallest absolute Gasteiger partial charge is 0.220 e. The molecule has 0 aliphatic heterocycles. The SMILES string of the molecule is Cc1cccc([C@@H](C)NC(=O)CCCCl)c1. The Morgan fingerprint density at radius 2 is 2.25 bits per heavy atom. The summed E-state index contributed by atoms with van der Waals surface area (Å²) in [5, 5.41) is 2.96. The number of hydrogen-bond acceptors (Lipinski definition) is 1. The Balaban J connectivity index is 2.52. The first-order chi connectivity index (χ1) is 7.63. The molecule has 16 heavy (non-hydrogen) atoms.